The molecule has 184 valence electrons. The minimum Gasteiger partial charge on any atom is -0.481 e. The maximum Gasteiger partial charge on any atom is 0.408 e. The molecule has 7 heteroatoms. The summed E-state index contributed by atoms with van der Waals surface area (Å²) in [7, 11) is 0. The van der Waals surface area contributed by atoms with Crippen molar-refractivity contribution in [3.8, 4) is 11.1 Å². The summed E-state index contributed by atoms with van der Waals surface area (Å²) in [6, 6.07) is 16.2. The number of rotatable bonds is 6. The second-order valence-electron chi connectivity index (χ2n) is 10.4. The molecule has 0 bridgehead atoms. The van der Waals surface area contributed by atoms with E-state index in [4.69, 9.17) is 9.84 Å². The SMILES string of the molecule is CC1CCCC(NC(=O)OCC2c3ccccc3-c3ccccc32)(C(=O)NC2CC(C(=O)O)C2)C1. The molecule has 7 nitrogen and oxygen atoms in total. The first-order valence-electron chi connectivity index (χ1n) is 12.5. The van der Waals surface area contributed by atoms with Gasteiger partial charge in [0, 0.05) is 12.0 Å². The first-order chi connectivity index (χ1) is 16.9. The molecule has 0 spiro atoms. The second-order valence-corrected chi connectivity index (χ2v) is 10.4. The highest BCUT2D eigenvalue weighted by Crippen LogP contribution is 2.44. The lowest BCUT2D eigenvalue weighted by atomic mass is 9.74. The van der Waals surface area contributed by atoms with Crippen molar-refractivity contribution < 1.29 is 24.2 Å². The molecule has 2 aromatic rings. The average molecular weight is 477 g/mol. The number of nitrogens with one attached hydrogen (secondary N) is 2. The van der Waals surface area contributed by atoms with Crippen LogP contribution < -0.4 is 10.6 Å². The maximum atomic E-state index is 13.3. The monoisotopic (exact) mass is 476 g/mol. The Hall–Kier alpha value is -3.35. The topological polar surface area (TPSA) is 105 Å². The van der Waals surface area contributed by atoms with Gasteiger partial charge in [-0.1, -0.05) is 68.3 Å². The summed E-state index contributed by atoms with van der Waals surface area (Å²) < 4.78 is 5.74. The van der Waals surface area contributed by atoms with Gasteiger partial charge in [-0.2, -0.15) is 0 Å². The van der Waals surface area contributed by atoms with Crippen molar-refractivity contribution in [3.63, 3.8) is 0 Å². The molecule has 2 aromatic carbocycles. The zero-order valence-electron chi connectivity index (χ0n) is 20.0. The van der Waals surface area contributed by atoms with Gasteiger partial charge < -0.3 is 20.5 Å². The molecule has 2 amide bonds. The number of amides is 2. The number of hydrogen-bond donors (Lipinski definition) is 3. The molecule has 0 aliphatic heterocycles. The third kappa shape index (κ3) is 4.51. The minimum absolute atomic E-state index is 0.0499. The molecule has 3 N–H and O–H groups in total. The summed E-state index contributed by atoms with van der Waals surface area (Å²) in [5.74, 6) is -1.22. The van der Waals surface area contributed by atoms with E-state index >= 15 is 0 Å². The van der Waals surface area contributed by atoms with Gasteiger partial charge in [0.15, 0.2) is 0 Å². The molecular formula is C28H32N2O5. The zero-order valence-corrected chi connectivity index (χ0v) is 20.0. The van der Waals surface area contributed by atoms with E-state index in [9.17, 15) is 14.4 Å². The van der Waals surface area contributed by atoms with Crippen LogP contribution in [0.15, 0.2) is 48.5 Å². The van der Waals surface area contributed by atoms with Gasteiger partial charge >= 0.3 is 12.1 Å². The van der Waals surface area contributed by atoms with Crippen LogP contribution in [0.1, 0.15) is 62.5 Å². The Kier molecular flexibility index (Phi) is 6.26. The predicted octanol–water partition coefficient (Wildman–Crippen LogP) is 4.45. The molecule has 2 saturated carbocycles. The lowest BCUT2D eigenvalue weighted by molar-refractivity contribution is -0.146. The number of benzene rings is 2. The number of alkyl carbamates (subject to hydrolysis) is 1. The highest BCUT2D eigenvalue weighted by Gasteiger charge is 2.46. The molecule has 0 saturated heterocycles. The quantitative estimate of drug-likeness (QED) is 0.571. The van der Waals surface area contributed by atoms with E-state index in [0.29, 0.717) is 25.7 Å². The Balaban J connectivity index is 1.26. The van der Waals surface area contributed by atoms with Crippen LogP contribution in [-0.4, -0.2) is 41.3 Å². The summed E-state index contributed by atoms with van der Waals surface area (Å²) in [6.45, 7) is 2.28. The molecule has 2 fully saturated rings. The van der Waals surface area contributed by atoms with Gasteiger partial charge in [0.25, 0.3) is 0 Å². The van der Waals surface area contributed by atoms with Gasteiger partial charge in [-0.3, -0.25) is 9.59 Å². The molecule has 3 aliphatic carbocycles. The van der Waals surface area contributed by atoms with Crippen LogP contribution in [0, 0.1) is 11.8 Å². The van der Waals surface area contributed by atoms with Gasteiger partial charge in [0.2, 0.25) is 5.91 Å². The lowest BCUT2D eigenvalue weighted by Crippen LogP contribution is -2.63. The molecule has 2 atom stereocenters. The Morgan fingerprint density at radius 1 is 1.03 bits per heavy atom. The third-order valence-electron chi connectivity index (χ3n) is 7.94. The van der Waals surface area contributed by atoms with Crippen molar-refractivity contribution >= 4 is 18.0 Å². The maximum absolute atomic E-state index is 13.3. The first-order valence-corrected chi connectivity index (χ1v) is 12.5. The zero-order chi connectivity index (χ0) is 24.6. The number of carboxylic acid groups (broad SMARTS) is 1. The van der Waals surface area contributed by atoms with E-state index < -0.39 is 23.5 Å². The fraction of sp³-hybridized carbons (Fsp3) is 0.464. The summed E-state index contributed by atoms with van der Waals surface area (Å²) >= 11 is 0. The van der Waals surface area contributed by atoms with E-state index in [2.05, 4.69) is 41.8 Å². The van der Waals surface area contributed by atoms with Gasteiger partial charge in [-0.15, -0.1) is 0 Å². The molecule has 35 heavy (non-hydrogen) atoms. The van der Waals surface area contributed by atoms with Gasteiger partial charge in [-0.25, -0.2) is 4.79 Å². The predicted molar refractivity (Wildman–Crippen MR) is 131 cm³/mol. The molecule has 0 aromatic heterocycles. The fourth-order valence-corrected chi connectivity index (χ4v) is 6.02. The van der Waals surface area contributed by atoms with E-state index in [-0.39, 0.29) is 30.4 Å². The van der Waals surface area contributed by atoms with Gasteiger partial charge in [0.05, 0.1) is 5.92 Å². The highest BCUT2D eigenvalue weighted by atomic mass is 16.5. The van der Waals surface area contributed by atoms with E-state index in [1.165, 1.54) is 0 Å². The molecular weight excluding hydrogens is 444 g/mol. The van der Waals surface area contributed by atoms with E-state index in [0.717, 1.165) is 35.1 Å². The largest absolute Gasteiger partial charge is 0.481 e. The van der Waals surface area contributed by atoms with Crippen molar-refractivity contribution in [3.05, 3.63) is 59.7 Å². The van der Waals surface area contributed by atoms with Crippen LogP contribution in [-0.2, 0) is 14.3 Å². The number of fused-ring (bicyclic) bond motifs is 3. The van der Waals surface area contributed by atoms with Crippen LogP contribution >= 0.6 is 0 Å². The molecule has 3 aliphatic rings. The standard InChI is InChI=1S/C28H32N2O5/c1-17-7-6-12-28(15-17,26(33)29-19-13-18(14-19)25(31)32)30-27(34)35-16-24-22-10-4-2-8-20(22)21-9-3-5-11-23(21)24/h2-5,8-11,17-19,24H,6-7,12-16H2,1H3,(H,29,33)(H,30,34)(H,31,32). The van der Waals surface area contributed by atoms with Crippen LogP contribution in [0.5, 0.6) is 0 Å². The van der Waals surface area contributed by atoms with Gasteiger partial charge in [0.1, 0.15) is 12.1 Å². The van der Waals surface area contributed by atoms with E-state index in [1.54, 1.807) is 0 Å². The summed E-state index contributed by atoms with van der Waals surface area (Å²) in [6.07, 6.45) is 3.19. The average Bonchev–Trinajstić information content (AvgIpc) is 3.13. The number of ether oxygens (including phenoxy) is 1. The van der Waals surface area contributed by atoms with Crippen molar-refractivity contribution in [2.75, 3.05) is 6.61 Å². The van der Waals surface area contributed by atoms with E-state index in [1.807, 2.05) is 24.3 Å². The van der Waals surface area contributed by atoms with Gasteiger partial charge in [-0.05, 0) is 53.9 Å². The smallest absolute Gasteiger partial charge is 0.408 e. The molecule has 5 rings (SSSR count). The van der Waals surface area contributed by atoms with Crippen LogP contribution in [0.2, 0.25) is 0 Å². The lowest BCUT2D eigenvalue weighted by Gasteiger charge is -2.41. The number of hydrogen-bond acceptors (Lipinski definition) is 4. The second kappa shape index (κ2) is 9.36. The van der Waals surface area contributed by atoms with Crippen molar-refractivity contribution in [1.29, 1.82) is 0 Å². The minimum atomic E-state index is -1.03. The summed E-state index contributed by atoms with van der Waals surface area (Å²) in [5.41, 5.74) is 3.56. The number of aliphatic carboxylic acids is 1. The molecule has 0 heterocycles. The van der Waals surface area contributed by atoms with Crippen LogP contribution in [0.25, 0.3) is 11.1 Å². The first kappa shape index (κ1) is 23.4. The Labute approximate surface area is 205 Å². The Morgan fingerprint density at radius 3 is 2.26 bits per heavy atom. The molecule has 2 unspecified atom stereocenters. The van der Waals surface area contributed by atoms with Crippen molar-refractivity contribution in [2.24, 2.45) is 11.8 Å². The number of carbonyl (C=O) groups excluding carboxylic acids is 2. The van der Waals surface area contributed by atoms with Crippen molar-refractivity contribution in [2.45, 2.75) is 62.9 Å². The number of carboxylic acids is 1. The summed E-state index contributed by atoms with van der Waals surface area (Å²) in [5, 5.41) is 15.0. The fourth-order valence-electron chi connectivity index (χ4n) is 6.02. The Morgan fingerprint density at radius 2 is 1.66 bits per heavy atom. The van der Waals surface area contributed by atoms with Crippen LogP contribution in [0.4, 0.5) is 4.79 Å². The van der Waals surface area contributed by atoms with Crippen molar-refractivity contribution in [1.82, 2.24) is 10.6 Å². The normalized spacial score (nSPS) is 27.2. The third-order valence-corrected chi connectivity index (χ3v) is 7.94. The molecule has 0 radical (unpaired) electrons. The highest BCUT2D eigenvalue weighted by molar-refractivity contribution is 5.90. The van der Waals surface area contributed by atoms with Crippen LogP contribution in [0.3, 0.4) is 0 Å². The summed E-state index contributed by atoms with van der Waals surface area (Å²) in [4.78, 5) is 37.5. The Bertz CT molecular complexity index is 1100. The number of carbonyl (C=O) groups is 3.